The lowest BCUT2D eigenvalue weighted by Crippen LogP contribution is -2.13. The maximum atomic E-state index is 13.5. The minimum Gasteiger partial charge on any atom is -0.444 e. The maximum Gasteiger partial charge on any atom is 0.260 e. The summed E-state index contributed by atoms with van der Waals surface area (Å²) < 4.78 is 18.7. The average molecular weight is 258 g/mol. The molecule has 1 aromatic heterocycles. The highest BCUT2D eigenvalue weighted by Gasteiger charge is 2.18. The van der Waals surface area contributed by atoms with Crippen molar-refractivity contribution in [1.29, 1.82) is 5.26 Å². The lowest BCUT2D eigenvalue weighted by atomic mass is 10.1. The Bertz CT molecular complexity index is 683. The fourth-order valence-electron chi connectivity index (χ4n) is 1.67. The van der Waals surface area contributed by atoms with E-state index in [2.05, 4.69) is 5.32 Å². The molecule has 19 heavy (non-hydrogen) atoms. The normalized spacial score (nSPS) is 10.0. The second kappa shape index (κ2) is 4.94. The van der Waals surface area contributed by atoms with Gasteiger partial charge < -0.3 is 4.42 Å². The number of hydrogen-bond acceptors (Lipinski definition) is 3. The summed E-state index contributed by atoms with van der Waals surface area (Å²) in [5.74, 6) is -0.687. The third-order valence-corrected chi connectivity index (χ3v) is 2.84. The van der Waals surface area contributed by atoms with Crippen molar-refractivity contribution in [2.75, 3.05) is 5.32 Å². The predicted octanol–water partition coefficient (Wildman–Crippen LogP) is 3.16. The quantitative estimate of drug-likeness (QED) is 0.899. The van der Waals surface area contributed by atoms with E-state index in [9.17, 15) is 9.18 Å². The molecule has 0 radical (unpaired) electrons. The summed E-state index contributed by atoms with van der Waals surface area (Å²) in [6.45, 7) is 3.41. The molecule has 1 aromatic carbocycles. The Morgan fingerprint density at radius 1 is 1.37 bits per heavy atom. The van der Waals surface area contributed by atoms with Gasteiger partial charge in [-0.2, -0.15) is 5.26 Å². The van der Waals surface area contributed by atoms with Gasteiger partial charge in [-0.1, -0.05) is 12.1 Å². The van der Waals surface area contributed by atoms with Crippen LogP contribution in [-0.2, 0) is 0 Å². The van der Waals surface area contributed by atoms with E-state index in [1.54, 1.807) is 19.9 Å². The highest BCUT2D eigenvalue weighted by atomic mass is 19.1. The van der Waals surface area contributed by atoms with Crippen molar-refractivity contribution in [2.24, 2.45) is 0 Å². The Morgan fingerprint density at radius 3 is 2.68 bits per heavy atom. The van der Waals surface area contributed by atoms with E-state index in [0.717, 1.165) is 0 Å². The van der Waals surface area contributed by atoms with Crippen LogP contribution in [-0.4, -0.2) is 5.91 Å². The van der Waals surface area contributed by atoms with E-state index >= 15 is 0 Å². The van der Waals surface area contributed by atoms with Gasteiger partial charge in [0.2, 0.25) is 5.88 Å². The predicted molar refractivity (Wildman–Crippen MR) is 67.3 cm³/mol. The van der Waals surface area contributed by atoms with Gasteiger partial charge in [-0.25, -0.2) is 4.39 Å². The van der Waals surface area contributed by atoms with Crippen molar-refractivity contribution in [3.63, 3.8) is 0 Å². The van der Waals surface area contributed by atoms with Crippen LogP contribution in [0.4, 0.5) is 10.3 Å². The summed E-state index contributed by atoms with van der Waals surface area (Å²) >= 11 is 0. The molecule has 0 bridgehead atoms. The third-order valence-electron chi connectivity index (χ3n) is 2.84. The van der Waals surface area contributed by atoms with Crippen molar-refractivity contribution in [1.82, 2.24) is 0 Å². The molecule has 1 amide bonds. The lowest BCUT2D eigenvalue weighted by molar-refractivity contribution is 0.102. The van der Waals surface area contributed by atoms with Gasteiger partial charge in [0.25, 0.3) is 5.91 Å². The van der Waals surface area contributed by atoms with Gasteiger partial charge in [0.1, 0.15) is 23.2 Å². The fraction of sp³-hybridized carbons (Fsp3) is 0.143. The summed E-state index contributed by atoms with van der Waals surface area (Å²) in [5, 5.41) is 11.4. The van der Waals surface area contributed by atoms with Crippen molar-refractivity contribution < 1.29 is 13.6 Å². The number of nitrogens with one attached hydrogen (secondary N) is 1. The average Bonchev–Trinajstić information content (AvgIpc) is 2.64. The largest absolute Gasteiger partial charge is 0.444 e. The second-order valence-electron chi connectivity index (χ2n) is 4.03. The van der Waals surface area contributed by atoms with Gasteiger partial charge in [-0.3, -0.25) is 10.1 Å². The summed E-state index contributed by atoms with van der Waals surface area (Å²) in [5.41, 5.74) is 0.812. The minimum atomic E-state index is -0.650. The monoisotopic (exact) mass is 258 g/mol. The van der Waals surface area contributed by atoms with E-state index in [0.29, 0.717) is 11.3 Å². The number of halogens is 1. The molecule has 0 saturated carbocycles. The van der Waals surface area contributed by atoms with Crippen LogP contribution in [0.25, 0.3) is 0 Å². The van der Waals surface area contributed by atoms with Gasteiger partial charge in [-0.05, 0) is 26.0 Å². The topological polar surface area (TPSA) is 66.0 Å². The van der Waals surface area contributed by atoms with Crippen LogP contribution in [0.2, 0.25) is 0 Å². The molecule has 5 heteroatoms. The Morgan fingerprint density at radius 2 is 2.05 bits per heavy atom. The number of furan rings is 1. The number of benzene rings is 1. The SMILES string of the molecule is Cc1oc(NC(=O)c2ccccc2F)c(C#N)c1C. The molecule has 0 spiro atoms. The van der Waals surface area contributed by atoms with Crippen LogP contribution in [0.5, 0.6) is 0 Å². The summed E-state index contributed by atoms with van der Waals surface area (Å²) in [6, 6.07) is 7.56. The number of nitrogens with zero attached hydrogens (tertiary/aromatic N) is 1. The molecular formula is C14H11FN2O2. The van der Waals surface area contributed by atoms with Gasteiger partial charge in [-0.15, -0.1) is 0 Å². The smallest absolute Gasteiger partial charge is 0.260 e. The standard InChI is InChI=1S/C14H11FN2O2/c1-8-9(2)19-14(11(8)7-16)17-13(18)10-5-3-4-6-12(10)15/h3-6H,1-2H3,(H,17,18). The zero-order valence-corrected chi connectivity index (χ0v) is 10.5. The fourth-order valence-corrected chi connectivity index (χ4v) is 1.67. The van der Waals surface area contributed by atoms with Gasteiger partial charge >= 0.3 is 0 Å². The Labute approximate surface area is 109 Å². The first-order chi connectivity index (χ1) is 9.04. The zero-order chi connectivity index (χ0) is 14.0. The lowest BCUT2D eigenvalue weighted by Gasteiger charge is -2.03. The maximum absolute atomic E-state index is 13.5. The molecule has 2 aromatic rings. The van der Waals surface area contributed by atoms with Gasteiger partial charge in [0, 0.05) is 5.56 Å². The Kier molecular flexibility index (Phi) is 3.34. The second-order valence-corrected chi connectivity index (χ2v) is 4.03. The molecule has 0 aliphatic rings. The first-order valence-corrected chi connectivity index (χ1v) is 5.60. The Hall–Kier alpha value is -2.61. The number of anilines is 1. The first-order valence-electron chi connectivity index (χ1n) is 5.60. The van der Waals surface area contributed by atoms with E-state index in [1.807, 2.05) is 6.07 Å². The summed E-state index contributed by atoms with van der Waals surface area (Å²) in [7, 11) is 0. The summed E-state index contributed by atoms with van der Waals surface area (Å²) in [6.07, 6.45) is 0. The molecule has 0 aliphatic heterocycles. The van der Waals surface area contributed by atoms with Crippen LogP contribution in [0, 0.1) is 31.0 Å². The van der Waals surface area contributed by atoms with E-state index in [1.165, 1.54) is 18.2 Å². The zero-order valence-electron chi connectivity index (χ0n) is 10.5. The Balaban J connectivity index is 2.33. The van der Waals surface area contributed by atoms with E-state index < -0.39 is 11.7 Å². The van der Waals surface area contributed by atoms with Crippen molar-refractivity contribution in [3.8, 4) is 6.07 Å². The number of carbonyl (C=O) groups excluding carboxylic acids is 1. The number of aryl methyl sites for hydroxylation is 1. The van der Waals surface area contributed by atoms with E-state index in [4.69, 9.17) is 9.68 Å². The molecule has 1 heterocycles. The number of nitriles is 1. The van der Waals surface area contributed by atoms with Crippen LogP contribution >= 0.6 is 0 Å². The molecule has 2 rings (SSSR count). The number of amides is 1. The van der Waals surface area contributed by atoms with E-state index in [-0.39, 0.29) is 17.0 Å². The van der Waals surface area contributed by atoms with Crippen LogP contribution in [0.1, 0.15) is 27.2 Å². The molecule has 0 saturated heterocycles. The minimum absolute atomic E-state index is 0.0470. The first kappa shape index (κ1) is 12.8. The number of carbonyl (C=O) groups is 1. The highest BCUT2D eigenvalue weighted by molar-refractivity contribution is 6.04. The van der Waals surface area contributed by atoms with Crippen molar-refractivity contribution in [3.05, 3.63) is 52.5 Å². The molecule has 0 atom stereocenters. The van der Waals surface area contributed by atoms with Crippen molar-refractivity contribution >= 4 is 11.8 Å². The third kappa shape index (κ3) is 2.33. The van der Waals surface area contributed by atoms with Crippen LogP contribution < -0.4 is 5.32 Å². The highest BCUT2D eigenvalue weighted by Crippen LogP contribution is 2.25. The molecular weight excluding hydrogens is 247 g/mol. The number of hydrogen-bond donors (Lipinski definition) is 1. The molecule has 0 aliphatic carbocycles. The number of rotatable bonds is 2. The molecule has 0 unspecified atom stereocenters. The molecule has 4 nitrogen and oxygen atoms in total. The molecule has 96 valence electrons. The van der Waals surface area contributed by atoms with Crippen LogP contribution in [0.3, 0.4) is 0 Å². The molecule has 0 fully saturated rings. The molecule has 1 N–H and O–H groups in total. The van der Waals surface area contributed by atoms with Gasteiger partial charge in [0.05, 0.1) is 5.56 Å². The van der Waals surface area contributed by atoms with Gasteiger partial charge in [0.15, 0.2) is 0 Å². The van der Waals surface area contributed by atoms with Crippen molar-refractivity contribution in [2.45, 2.75) is 13.8 Å². The summed E-state index contributed by atoms with van der Waals surface area (Å²) in [4.78, 5) is 11.9. The van der Waals surface area contributed by atoms with Crippen LogP contribution in [0.15, 0.2) is 28.7 Å².